The van der Waals surface area contributed by atoms with E-state index in [1.54, 1.807) is 7.11 Å². The van der Waals surface area contributed by atoms with Crippen LogP contribution in [0.5, 0.6) is 5.75 Å². The number of methoxy groups -OCH3 is 1. The van der Waals surface area contributed by atoms with Gasteiger partial charge in [0.05, 0.1) is 13.2 Å². The molecule has 2 unspecified atom stereocenters. The highest BCUT2D eigenvalue weighted by Crippen LogP contribution is 2.35. The van der Waals surface area contributed by atoms with E-state index in [9.17, 15) is 5.11 Å². The third-order valence-electron chi connectivity index (χ3n) is 6.33. The van der Waals surface area contributed by atoms with E-state index >= 15 is 0 Å². The molecule has 6 heteroatoms. The van der Waals surface area contributed by atoms with Crippen molar-refractivity contribution in [3.05, 3.63) is 29.8 Å². The maximum atomic E-state index is 9.75. The standard InChI is InChI=1S/C23H38N4O2/c1-4-24-23(26-19-9-11-20(28)12-10-19)25-16-18-6-5-15-27(2)22(18)17-7-13-21(29-3)14-8-17/h7-8,13-14,18-20,22,28H,4-6,9-12,15-16H2,1-3H3,(H2,24,25,26). The molecule has 1 aliphatic heterocycles. The minimum absolute atomic E-state index is 0.129. The van der Waals surface area contributed by atoms with Crippen LogP contribution >= 0.6 is 0 Å². The monoisotopic (exact) mass is 402 g/mol. The number of nitrogens with zero attached hydrogens (tertiary/aromatic N) is 2. The summed E-state index contributed by atoms with van der Waals surface area (Å²) in [5, 5.41) is 16.8. The molecule has 2 atom stereocenters. The van der Waals surface area contributed by atoms with Crippen molar-refractivity contribution in [2.45, 2.75) is 63.6 Å². The first-order chi connectivity index (χ1) is 14.1. The number of hydrogen-bond donors (Lipinski definition) is 3. The van der Waals surface area contributed by atoms with Gasteiger partial charge in [-0.15, -0.1) is 0 Å². The lowest BCUT2D eigenvalue weighted by molar-refractivity contribution is 0.119. The predicted octanol–water partition coefficient (Wildman–Crippen LogP) is 2.94. The number of nitrogens with one attached hydrogen (secondary N) is 2. The lowest BCUT2D eigenvalue weighted by Crippen LogP contribution is -2.46. The Hall–Kier alpha value is -1.79. The molecule has 162 valence electrons. The molecule has 1 heterocycles. The highest BCUT2D eigenvalue weighted by Gasteiger charge is 2.30. The summed E-state index contributed by atoms with van der Waals surface area (Å²) in [6.07, 6.45) is 6.05. The zero-order valence-corrected chi connectivity index (χ0v) is 18.2. The van der Waals surface area contributed by atoms with Crippen LogP contribution in [0, 0.1) is 5.92 Å². The highest BCUT2D eigenvalue weighted by atomic mass is 16.5. The number of ether oxygens (including phenoxy) is 1. The van der Waals surface area contributed by atoms with Gasteiger partial charge in [0.25, 0.3) is 0 Å². The fraction of sp³-hybridized carbons (Fsp3) is 0.696. The van der Waals surface area contributed by atoms with Gasteiger partial charge in [-0.2, -0.15) is 0 Å². The molecule has 3 N–H and O–H groups in total. The van der Waals surface area contributed by atoms with Crippen LogP contribution in [0.1, 0.15) is 57.1 Å². The van der Waals surface area contributed by atoms with Crippen molar-refractivity contribution < 1.29 is 9.84 Å². The van der Waals surface area contributed by atoms with Gasteiger partial charge >= 0.3 is 0 Å². The van der Waals surface area contributed by atoms with Crippen molar-refractivity contribution in [2.75, 3.05) is 33.8 Å². The van der Waals surface area contributed by atoms with Crippen LogP contribution in [0.3, 0.4) is 0 Å². The molecule has 6 nitrogen and oxygen atoms in total. The van der Waals surface area contributed by atoms with Crippen LogP contribution in [0.15, 0.2) is 29.3 Å². The molecule has 0 spiro atoms. The van der Waals surface area contributed by atoms with Gasteiger partial charge < -0.3 is 20.5 Å². The first-order valence-electron chi connectivity index (χ1n) is 11.2. The lowest BCUT2D eigenvalue weighted by Gasteiger charge is -2.39. The summed E-state index contributed by atoms with van der Waals surface area (Å²) in [5.41, 5.74) is 1.34. The first-order valence-corrected chi connectivity index (χ1v) is 11.2. The molecule has 29 heavy (non-hydrogen) atoms. The molecule has 1 aliphatic carbocycles. The van der Waals surface area contributed by atoms with Crippen LogP contribution in [0.4, 0.5) is 0 Å². The van der Waals surface area contributed by atoms with Gasteiger partial charge in [-0.1, -0.05) is 12.1 Å². The van der Waals surface area contributed by atoms with Crippen molar-refractivity contribution in [2.24, 2.45) is 10.9 Å². The van der Waals surface area contributed by atoms with Gasteiger partial charge in [0.15, 0.2) is 5.96 Å². The van der Waals surface area contributed by atoms with E-state index in [-0.39, 0.29) is 6.10 Å². The second kappa shape index (κ2) is 10.8. The Bertz CT molecular complexity index is 641. The minimum atomic E-state index is -0.129. The summed E-state index contributed by atoms with van der Waals surface area (Å²) in [7, 11) is 3.93. The average Bonchev–Trinajstić information content (AvgIpc) is 2.74. The molecule has 3 rings (SSSR count). The summed E-state index contributed by atoms with van der Waals surface area (Å²) >= 11 is 0. The average molecular weight is 403 g/mol. The second-order valence-corrected chi connectivity index (χ2v) is 8.47. The number of hydrogen-bond acceptors (Lipinski definition) is 4. The van der Waals surface area contributed by atoms with Gasteiger partial charge in [0.2, 0.25) is 0 Å². The van der Waals surface area contributed by atoms with Crippen molar-refractivity contribution >= 4 is 5.96 Å². The molecule has 1 aromatic rings. The molecule has 2 aliphatic rings. The van der Waals surface area contributed by atoms with Gasteiger partial charge in [-0.3, -0.25) is 9.89 Å². The Morgan fingerprint density at radius 3 is 2.55 bits per heavy atom. The Morgan fingerprint density at radius 1 is 1.17 bits per heavy atom. The van der Waals surface area contributed by atoms with Gasteiger partial charge in [-0.25, -0.2) is 0 Å². The number of rotatable bonds is 6. The van der Waals surface area contributed by atoms with Crippen molar-refractivity contribution in [1.29, 1.82) is 0 Å². The molecule has 0 radical (unpaired) electrons. The van der Waals surface area contributed by atoms with Crippen molar-refractivity contribution in [1.82, 2.24) is 15.5 Å². The van der Waals surface area contributed by atoms with E-state index in [1.165, 1.54) is 18.4 Å². The van der Waals surface area contributed by atoms with Crippen LogP contribution in [0.25, 0.3) is 0 Å². The Balaban J connectivity index is 1.67. The minimum Gasteiger partial charge on any atom is -0.497 e. The van der Waals surface area contributed by atoms with E-state index in [0.717, 1.165) is 57.0 Å². The number of aliphatic hydroxyl groups is 1. The van der Waals surface area contributed by atoms with E-state index in [2.05, 4.69) is 53.8 Å². The quantitative estimate of drug-likeness (QED) is 0.504. The number of benzene rings is 1. The number of piperidine rings is 1. The van der Waals surface area contributed by atoms with E-state index in [1.807, 2.05) is 0 Å². The van der Waals surface area contributed by atoms with Crippen molar-refractivity contribution in [3.63, 3.8) is 0 Å². The summed E-state index contributed by atoms with van der Waals surface area (Å²) in [6, 6.07) is 9.29. The summed E-state index contributed by atoms with van der Waals surface area (Å²) in [6.45, 7) is 4.90. The second-order valence-electron chi connectivity index (χ2n) is 8.47. The summed E-state index contributed by atoms with van der Waals surface area (Å²) < 4.78 is 5.33. The van der Waals surface area contributed by atoms with Gasteiger partial charge in [0.1, 0.15) is 5.75 Å². The van der Waals surface area contributed by atoms with Crippen LogP contribution in [-0.2, 0) is 0 Å². The molecule has 0 amide bonds. The largest absolute Gasteiger partial charge is 0.497 e. The zero-order chi connectivity index (χ0) is 20.6. The predicted molar refractivity (Wildman–Crippen MR) is 118 cm³/mol. The molecular weight excluding hydrogens is 364 g/mol. The number of aliphatic imine (C=N–C) groups is 1. The fourth-order valence-corrected chi connectivity index (χ4v) is 4.72. The Kier molecular flexibility index (Phi) is 8.19. The number of aliphatic hydroxyl groups excluding tert-OH is 1. The third-order valence-corrected chi connectivity index (χ3v) is 6.33. The molecular formula is C23H38N4O2. The molecule has 1 saturated heterocycles. The third kappa shape index (κ3) is 6.09. The summed E-state index contributed by atoms with van der Waals surface area (Å²) in [5.74, 6) is 2.30. The SMILES string of the molecule is CCNC(=NCC1CCCN(C)C1c1ccc(OC)cc1)NC1CCC(O)CC1. The Morgan fingerprint density at radius 2 is 1.90 bits per heavy atom. The molecule has 1 saturated carbocycles. The van der Waals surface area contributed by atoms with E-state index in [0.29, 0.717) is 18.0 Å². The van der Waals surface area contributed by atoms with Crippen LogP contribution < -0.4 is 15.4 Å². The van der Waals surface area contributed by atoms with Gasteiger partial charge in [0, 0.05) is 25.2 Å². The molecule has 0 bridgehead atoms. The first kappa shape index (κ1) is 21.9. The topological polar surface area (TPSA) is 69.1 Å². The molecule has 2 fully saturated rings. The molecule has 0 aromatic heterocycles. The van der Waals surface area contributed by atoms with E-state index in [4.69, 9.17) is 9.73 Å². The summed E-state index contributed by atoms with van der Waals surface area (Å²) in [4.78, 5) is 7.44. The number of guanidine groups is 1. The van der Waals surface area contributed by atoms with E-state index < -0.39 is 0 Å². The Labute approximate surface area is 175 Å². The maximum absolute atomic E-state index is 9.75. The highest BCUT2D eigenvalue weighted by molar-refractivity contribution is 5.80. The fourth-order valence-electron chi connectivity index (χ4n) is 4.72. The molecule has 1 aromatic carbocycles. The normalized spacial score (nSPS) is 28.8. The maximum Gasteiger partial charge on any atom is 0.191 e. The van der Waals surface area contributed by atoms with Gasteiger partial charge in [-0.05, 0) is 82.7 Å². The lowest BCUT2D eigenvalue weighted by atomic mass is 9.85. The zero-order valence-electron chi connectivity index (χ0n) is 18.2. The van der Waals surface area contributed by atoms with Crippen molar-refractivity contribution in [3.8, 4) is 5.75 Å². The smallest absolute Gasteiger partial charge is 0.191 e. The number of likely N-dealkylation sites (tertiary alicyclic amines) is 1. The van der Waals surface area contributed by atoms with Crippen LogP contribution in [0.2, 0.25) is 0 Å². The van der Waals surface area contributed by atoms with Crippen LogP contribution in [-0.4, -0.2) is 61.9 Å².